The van der Waals surface area contributed by atoms with Crippen LogP contribution in [0.1, 0.15) is 28.4 Å². The molecule has 1 atom stereocenters. The molecule has 0 heterocycles. The van der Waals surface area contributed by atoms with Gasteiger partial charge in [-0.3, -0.25) is 0 Å². The molecule has 0 amide bonds. The number of benzene rings is 3. The van der Waals surface area contributed by atoms with Crippen molar-refractivity contribution in [1.82, 2.24) is 0 Å². The molecular formula is C25H25NO3. The van der Waals surface area contributed by atoms with Gasteiger partial charge >= 0.3 is 0 Å². The van der Waals surface area contributed by atoms with E-state index in [2.05, 4.69) is 12.1 Å². The minimum absolute atomic E-state index is 0.329. The zero-order chi connectivity index (χ0) is 20.5. The lowest BCUT2D eigenvalue weighted by atomic mass is 10.1. The number of aryl methyl sites for hydroxylation is 1. The van der Waals surface area contributed by atoms with E-state index in [0.717, 1.165) is 28.2 Å². The van der Waals surface area contributed by atoms with E-state index in [1.807, 2.05) is 84.9 Å². The Morgan fingerprint density at radius 2 is 1.28 bits per heavy atom. The van der Waals surface area contributed by atoms with Gasteiger partial charge in [0.15, 0.2) is 6.10 Å². The van der Waals surface area contributed by atoms with Crippen LogP contribution in [0.25, 0.3) is 6.08 Å². The fourth-order valence-corrected chi connectivity index (χ4v) is 2.72. The summed E-state index contributed by atoms with van der Waals surface area (Å²) < 4.78 is 10.5. The zero-order valence-corrected chi connectivity index (χ0v) is 16.9. The normalized spacial score (nSPS) is 12.2. The highest BCUT2D eigenvalue weighted by atomic mass is 16.6. The molecule has 0 aromatic heterocycles. The van der Waals surface area contributed by atoms with Crippen molar-refractivity contribution in [3.8, 4) is 11.5 Å². The number of hydrogen-bond donors (Lipinski definition) is 0. The van der Waals surface area contributed by atoms with Gasteiger partial charge in [0.1, 0.15) is 11.5 Å². The average Bonchev–Trinajstić information content (AvgIpc) is 2.78. The van der Waals surface area contributed by atoms with E-state index >= 15 is 0 Å². The summed E-state index contributed by atoms with van der Waals surface area (Å²) in [4.78, 5) is 5.82. The van der Waals surface area contributed by atoms with Crippen molar-refractivity contribution in [2.24, 2.45) is 5.16 Å². The average molecular weight is 387 g/mol. The lowest BCUT2D eigenvalue weighted by Gasteiger charge is -2.12. The molecule has 0 bridgehead atoms. The smallest absolute Gasteiger partial charge is 0.171 e. The van der Waals surface area contributed by atoms with Crippen molar-refractivity contribution in [2.75, 3.05) is 14.2 Å². The molecule has 4 heteroatoms. The highest BCUT2D eigenvalue weighted by Gasteiger charge is 2.09. The second-order valence-corrected chi connectivity index (χ2v) is 6.58. The van der Waals surface area contributed by atoms with Gasteiger partial charge in [-0.05, 0) is 54.0 Å². The molecule has 0 aliphatic rings. The van der Waals surface area contributed by atoms with Crippen LogP contribution in [0.2, 0.25) is 0 Å². The van der Waals surface area contributed by atoms with Gasteiger partial charge in [-0.15, -0.1) is 0 Å². The van der Waals surface area contributed by atoms with Crippen molar-refractivity contribution < 1.29 is 14.3 Å². The quantitative estimate of drug-likeness (QED) is 0.361. The largest absolute Gasteiger partial charge is 0.497 e. The minimum atomic E-state index is -0.329. The molecule has 0 fully saturated rings. The molecule has 0 N–H and O–H groups in total. The van der Waals surface area contributed by atoms with Crippen molar-refractivity contribution in [3.05, 3.63) is 101 Å². The Kier molecular flexibility index (Phi) is 7.06. The first-order valence-electron chi connectivity index (χ1n) is 9.40. The maximum Gasteiger partial charge on any atom is 0.171 e. The highest BCUT2D eigenvalue weighted by Crippen LogP contribution is 2.24. The summed E-state index contributed by atoms with van der Waals surface area (Å²) in [5, 5.41) is 4.20. The van der Waals surface area contributed by atoms with E-state index in [4.69, 9.17) is 14.3 Å². The van der Waals surface area contributed by atoms with Crippen LogP contribution in [0.4, 0.5) is 0 Å². The predicted octanol–water partition coefficient (Wildman–Crippen LogP) is 5.82. The summed E-state index contributed by atoms with van der Waals surface area (Å²) in [7, 11) is 3.31. The summed E-state index contributed by atoms with van der Waals surface area (Å²) in [5.74, 6) is 1.63. The molecule has 1 unspecified atom stereocenters. The molecule has 0 aliphatic heterocycles. The summed E-state index contributed by atoms with van der Waals surface area (Å²) in [6.45, 7) is 2.06. The molecule has 29 heavy (non-hydrogen) atoms. The fraction of sp³-hybridized carbons (Fsp3) is 0.160. The Hall–Kier alpha value is -3.53. The minimum Gasteiger partial charge on any atom is -0.497 e. The molecule has 4 nitrogen and oxygen atoms in total. The van der Waals surface area contributed by atoms with E-state index in [1.165, 1.54) is 5.56 Å². The Morgan fingerprint density at radius 3 is 1.86 bits per heavy atom. The maximum atomic E-state index is 5.82. The third kappa shape index (κ3) is 5.98. The molecule has 3 aromatic carbocycles. The van der Waals surface area contributed by atoms with Crippen LogP contribution in [0.15, 0.2) is 84.0 Å². The van der Waals surface area contributed by atoms with Gasteiger partial charge < -0.3 is 14.3 Å². The SMILES string of the molecule is COc1ccc(/C=C/C(O/N=C/c2ccc(C)cc2)c2ccc(OC)cc2)cc1. The van der Waals surface area contributed by atoms with E-state index in [9.17, 15) is 0 Å². The van der Waals surface area contributed by atoms with Gasteiger partial charge in [-0.1, -0.05) is 65.3 Å². The lowest BCUT2D eigenvalue weighted by Crippen LogP contribution is -1.98. The van der Waals surface area contributed by atoms with E-state index in [-0.39, 0.29) is 6.10 Å². The first kappa shape index (κ1) is 20.2. The van der Waals surface area contributed by atoms with Gasteiger partial charge in [-0.2, -0.15) is 0 Å². The number of hydrogen-bond acceptors (Lipinski definition) is 4. The highest BCUT2D eigenvalue weighted by molar-refractivity contribution is 5.79. The Morgan fingerprint density at radius 1 is 0.724 bits per heavy atom. The second kappa shape index (κ2) is 10.1. The third-order valence-corrected chi connectivity index (χ3v) is 4.48. The number of nitrogens with zero attached hydrogens (tertiary/aromatic N) is 1. The number of ether oxygens (including phenoxy) is 2. The lowest BCUT2D eigenvalue weighted by molar-refractivity contribution is 0.0948. The Balaban J connectivity index is 1.77. The summed E-state index contributed by atoms with van der Waals surface area (Å²) in [6, 6.07) is 23.7. The molecule has 0 saturated heterocycles. The van der Waals surface area contributed by atoms with Crippen LogP contribution >= 0.6 is 0 Å². The number of oxime groups is 1. The van der Waals surface area contributed by atoms with Crippen LogP contribution in [0.3, 0.4) is 0 Å². The van der Waals surface area contributed by atoms with Crippen LogP contribution in [0.5, 0.6) is 11.5 Å². The standard InChI is InChI=1S/C25H25NO3/c1-19-4-6-21(7-5-19)18-26-29-25(22-11-15-24(28-3)16-12-22)17-10-20-8-13-23(27-2)14-9-20/h4-18,25H,1-3H3/b17-10+,26-18+. The first-order chi connectivity index (χ1) is 14.2. The van der Waals surface area contributed by atoms with Crippen molar-refractivity contribution in [3.63, 3.8) is 0 Å². The zero-order valence-electron chi connectivity index (χ0n) is 16.9. The van der Waals surface area contributed by atoms with Gasteiger partial charge in [0.05, 0.1) is 20.4 Å². The molecule has 3 rings (SSSR count). The summed E-state index contributed by atoms with van der Waals surface area (Å²) in [6.07, 6.45) is 5.38. The van der Waals surface area contributed by atoms with Crippen molar-refractivity contribution in [2.45, 2.75) is 13.0 Å². The summed E-state index contributed by atoms with van der Waals surface area (Å²) in [5.41, 5.74) is 4.23. The van der Waals surface area contributed by atoms with Gasteiger partial charge in [0, 0.05) is 0 Å². The van der Waals surface area contributed by atoms with E-state index in [0.29, 0.717) is 0 Å². The van der Waals surface area contributed by atoms with E-state index < -0.39 is 0 Å². The molecule has 3 aromatic rings. The fourth-order valence-electron chi connectivity index (χ4n) is 2.72. The summed E-state index contributed by atoms with van der Waals surface area (Å²) >= 11 is 0. The van der Waals surface area contributed by atoms with Gasteiger partial charge in [-0.25, -0.2) is 0 Å². The molecule has 0 saturated carbocycles. The van der Waals surface area contributed by atoms with Crippen molar-refractivity contribution in [1.29, 1.82) is 0 Å². The molecular weight excluding hydrogens is 362 g/mol. The van der Waals surface area contributed by atoms with Crippen LogP contribution in [0, 0.1) is 6.92 Å². The third-order valence-electron chi connectivity index (χ3n) is 4.48. The number of methoxy groups -OCH3 is 2. The van der Waals surface area contributed by atoms with Crippen LogP contribution in [-0.4, -0.2) is 20.4 Å². The maximum absolute atomic E-state index is 5.82. The Bertz CT molecular complexity index is 943. The second-order valence-electron chi connectivity index (χ2n) is 6.58. The Labute approximate surface area is 172 Å². The monoisotopic (exact) mass is 387 g/mol. The number of rotatable bonds is 8. The topological polar surface area (TPSA) is 40.0 Å². The molecule has 0 aliphatic carbocycles. The van der Waals surface area contributed by atoms with Gasteiger partial charge in [0.2, 0.25) is 0 Å². The van der Waals surface area contributed by atoms with E-state index in [1.54, 1.807) is 20.4 Å². The molecule has 0 spiro atoms. The first-order valence-corrected chi connectivity index (χ1v) is 9.40. The molecule has 148 valence electrons. The van der Waals surface area contributed by atoms with Crippen LogP contribution < -0.4 is 9.47 Å². The predicted molar refractivity (Wildman–Crippen MR) is 118 cm³/mol. The van der Waals surface area contributed by atoms with Crippen LogP contribution in [-0.2, 0) is 4.84 Å². The van der Waals surface area contributed by atoms with Crippen molar-refractivity contribution >= 4 is 12.3 Å². The molecule has 0 radical (unpaired) electrons. The van der Waals surface area contributed by atoms with Gasteiger partial charge in [0.25, 0.3) is 0 Å².